The molecule has 2 rings (SSSR count). The van der Waals surface area contributed by atoms with Crippen molar-refractivity contribution in [3.8, 4) is 6.07 Å². The average Bonchev–Trinajstić information content (AvgIpc) is 2.68. The first-order valence-electron chi connectivity index (χ1n) is 6.33. The molecule has 0 amide bonds. The number of hydrogen-bond acceptors (Lipinski definition) is 4. The Balaban J connectivity index is 2.71. The summed E-state index contributed by atoms with van der Waals surface area (Å²) in [5.41, 5.74) is -2.32. The van der Waals surface area contributed by atoms with Crippen molar-refractivity contribution in [2.75, 3.05) is 11.3 Å². The molecule has 0 spiro atoms. The highest BCUT2D eigenvalue weighted by molar-refractivity contribution is 7.88. The fourth-order valence-electron chi connectivity index (χ4n) is 2.26. The van der Waals surface area contributed by atoms with Gasteiger partial charge in [-0.25, -0.2) is 9.40 Å². The van der Waals surface area contributed by atoms with Gasteiger partial charge in [-0.2, -0.15) is 22.8 Å². The minimum atomic E-state index is -4.86. The predicted octanol–water partition coefficient (Wildman–Crippen LogP) is 4.49. The Morgan fingerprint density at radius 1 is 1.32 bits per heavy atom. The van der Waals surface area contributed by atoms with Gasteiger partial charge >= 0.3 is 12.0 Å². The topological polar surface area (TPSA) is 53.3 Å². The lowest BCUT2D eigenvalue weighted by Crippen LogP contribution is -2.52. The van der Waals surface area contributed by atoms with Crippen molar-refractivity contribution in [3.05, 3.63) is 39.3 Å². The number of halogens is 7. The maximum atomic E-state index is 14.9. The zero-order chi connectivity index (χ0) is 19.3. The molecule has 0 saturated carbocycles. The summed E-state index contributed by atoms with van der Waals surface area (Å²) in [6.07, 6.45) is -3.88. The van der Waals surface area contributed by atoms with Crippen molar-refractivity contribution in [3.63, 3.8) is 0 Å². The summed E-state index contributed by atoms with van der Waals surface area (Å²) in [6, 6.07) is 1.80. The fraction of sp³-hybridized carbons (Fsp3) is 0.308. The van der Waals surface area contributed by atoms with Crippen LogP contribution in [0.25, 0.3) is 0 Å². The van der Waals surface area contributed by atoms with E-state index in [0.717, 1.165) is 6.26 Å². The molecule has 1 aromatic rings. The summed E-state index contributed by atoms with van der Waals surface area (Å²) in [5, 5.41) is 8.23. The van der Waals surface area contributed by atoms with E-state index in [1.54, 1.807) is 0 Å². The second-order valence-corrected chi connectivity index (χ2v) is 6.91. The Kier molecular flexibility index (Phi) is 5.20. The summed E-state index contributed by atoms with van der Waals surface area (Å²) >= 11 is 9.31. The number of benzene rings is 1. The SMILES string of the molecule is CC1=C(Cl)C(F)(C#N)N([S+](C)[O-])N1c1c(F)cc(C(F)(F)F)cc1Cl. The fourth-order valence-corrected chi connectivity index (χ4v) is 3.73. The third-order valence-electron chi connectivity index (χ3n) is 3.32. The quantitative estimate of drug-likeness (QED) is 0.402. The van der Waals surface area contributed by atoms with E-state index >= 15 is 0 Å². The molecule has 0 aliphatic carbocycles. The zero-order valence-corrected chi connectivity index (χ0v) is 14.8. The second kappa shape index (κ2) is 6.48. The molecule has 1 aromatic carbocycles. The summed E-state index contributed by atoms with van der Waals surface area (Å²) in [7, 11) is 0. The minimum Gasteiger partial charge on any atom is -0.597 e. The van der Waals surface area contributed by atoms with Gasteiger partial charge in [-0.1, -0.05) is 23.2 Å². The van der Waals surface area contributed by atoms with Crippen molar-refractivity contribution in [2.45, 2.75) is 18.9 Å². The minimum absolute atomic E-state index is 0.157. The molecule has 0 N–H and O–H groups in total. The van der Waals surface area contributed by atoms with E-state index < -0.39 is 50.5 Å². The van der Waals surface area contributed by atoms with E-state index in [1.807, 2.05) is 0 Å². The van der Waals surface area contributed by atoms with Crippen LogP contribution in [-0.2, 0) is 17.5 Å². The van der Waals surface area contributed by atoms with Crippen molar-refractivity contribution >= 4 is 40.3 Å². The first-order valence-corrected chi connectivity index (χ1v) is 8.60. The number of alkyl halides is 4. The van der Waals surface area contributed by atoms with Gasteiger partial charge in [-0.3, -0.25) is 0 Å². The van der Waals surface area contributed by atoms with E-state index in [1.165, 1.54) is 13.0 Å². The monoisotopic (exact) mass is 419 g/mol. The molecule has 2 unspecified atom stereocenters. The molecular formula is C13H8Cl2F5N3OS. The van der Waals surface area contributed by atoms with Gasteiger partial charge in [0.25, 0.3) is 0 Å². The Morgan fingerprint density at radius 2 is 1.88 bits per heavy atom. The molecule has 1 aliphatic rings. The largest absolute Gasteiger partial charge is 0.597 e. The third kappa shape index (κ3) is 3.15. The highest BCUT2D eigenvalue weighted by atomic mass is 35.5. The first kappa shape index (κ1) is 20.1. The molecule has 12 heteroatoms. The molecule has 1 aliphatic heterocycles. The van der Waals surface area contributed by atoms with Gasteiger partial charge in [-0.15, -0.1) is 0 Å². The van der Waals surface area contributed by atoms with E-state index in [2.05, 4.69) is 0 Å². The molecule has 136 valence electrons. The van der Waals surface area contributed by atoms with Gasteiger partial charge < -0.3 is 4.55 Å². The number of nitriles is 1. The number of hydrogen-bond donors (Lipinski definition) is 0. The second-order valence-electron chi connectivity index (χ2n) is 4.93. The number of nitrogens with zero attached hydrogens (tertiary/aromatic N) is 3. The van der Waals surface area contributed by atoms with Crippen LogP contribution in [0.15, 0.2) is 22.9 Å². The van der Waals surface area contributed by atoms with Crippen LogP contribution in [0.3, 0.4) is 0 Å². The van der Waals surface area contributed by atoms with Crippen LogP contribution in [0.5, 0.6) is 0 Å². The molecule has 2 atom stereocenters. The van der Waals surface area contributed by atoms with Gasteiger partial charge in [0.2, 0.25) is 0 Å². The molecular weight excluding hydrogens is 412 g/mol. The third-order valence-corrected chi connectivity index (χ3v) is 5.03. The van der Waals surface area contributed by atoms with Gasteiger partial charge in [0.05, 0.1) is 27.6 Å². The Morgan fingerprint density at radius 3 is 2.28 bits per heavy atom. The zero-order valence-electron chi connectivity index (χ0n) is 12.5. The standard InChI is InChI=1S/C13H8Cl2F5N3OS/c1-6-11(15)12(17,5-21)23(25(2)24)22(6)10-8(14)3-7(4-9(10)16)13(18,19)20/h3-4H,1-2H3. The number of hydrazine groups is 1. The summed E-state index contributed by atoms with van der Waals surface area (Å²) in [6.45, 7) is 1.17. The van der Waals surface area contributed by atoms with Gasteiger partial charge in [-0.05, 0) is 19.1 Å². The van der Waals surface area contributed by atoms with Crippen LogP contribution in [0.4, 0.5) is 27.6 Å². The summed E-state index contributed by atoms with van der Waals surface area (Å²) in [5.74, 6) is -4.55. The van der Waals surface area contributed by atoms with Crippen LogP contribution in [0.1, 0.15) is 12.5 Å². The molecule has 0 aromatic heterocycles. The van der Waals surface area contributed by atoms with Crippen LogP contribution < -0.4 is 5.01 Å². The highest BCUT2D eigenvalue weighted by Crippen LogP contribution is 2.48. The average molecular weight is 420 g/mol. The number of allylic oxidation sites excluding steroid dienone is 1. The normalized spacial score (nSPS) is 23.2. The first-order chi connectivity index (χ1) is 11.4. The lowest BCUT2D eigenvalue weighted by molar-refractivity contribution is -0.137. The lowest BCUT2D eigenvalue weighted by atomic mass is 10.2. The van der Waals surface area contributed by atoms with Gasteiger partial charge in [0.1, 0.15) is 23.0 Å². The summed E-state index contributed by atoms with van der Waals surface area (Å²) < 4.78 is 79.7. The molecule has 0 saturated heterocycles. The van der Waals surface area contributed by atoms with Crippen molar-refractivity contribution in [1.82, 2.24) is 4.41 Å². The molecule has 1 heterocycles. The van der Waals surface area contributed by atoms with Crippen molar-refractivity contribution < 1.29 is 26.5 Å². The van der Waals surface area contributed by atoms with Crippen molar-refractivity contribution in [2.24, 2.45) is 0 Å². The van der Waals surface area contributed by atoms with Crippen LogP contribution >= 0.6 is 23.2 Å². The molecule has 0 bridgehead atoms. The summed E-state index contributed by atoms with van der Waals surface area (Å²) in [4.78, 5) is 0. The smallest absolute Gasteiger partial charge is 0.416 e. The van der Waals surface area contributed by atoms with Gasteiger partial charge in [0.15, 0.2) is 5.82 Å². The van der Waals surface area contributed by atoms with Crippen LogP contribution in [0, 0.1) is 17.1 Å². The van der Waals surface area contributed by atoms with Crippen LogP contribution in [0.2, 0.25) is 5.02 Å². The maximum Gasteiger partial charge on any atom is 0.416 e. The van der Waals surface area contributed by atoms with E-state index in [-0.39, 0.29) is 11.8 Å². The number of anilines is 1. The molecule has 0 radical (unpaired) electrons. The molecule has 0 fully saturated rings. The van der Waals surface area contributed by atoms with E-state index in [4.69, 9.17) is 28.5 Å². The molecule has 25 heavy (non-hydrogen) atoms. The number of rotatable bonds is 2. The van der Waals surface area contributed by atoms with Crippen molar-refractivity contribution in [1.29, 1.82) is 5.26 Å². The Labute approximate surface area is 152 Å². The van der Waals surface area contributed by atoms with Crippen LogP contribution in [-0.4, -0.2) is 21.0 Å². The molecule has 4 nitrogen and oxygen atoms in total. The Hall–Kier alpha value is -1.25. The maximum absolute atomic E-state index is 14.9. The van der Waals surface area contributed by atoms with E-state index in [9.17, 15) is 26.5 Å². The highest BCUT2D eigenvalue weighted by Gasteiger charge is 2.59. The Bertz CT molecular complexity index is 772. The lowest BCUT2D eigenvalue weighted by Gasteiger charge is -2.33. The van der Waals surface area contributed by atoms with E-state index in [0.29, 0.717) is 15.5 Å². The predicted molar refractivity (Wildman–Crippen MR) is 82.8 cm³/mol. The van der Waals surface area contributed by atoms with Gasteiger partial charge in [0, 0.05) is 4.41 Å².